The topological polar surface area (TPSA) is 28.7 Å². The van der Waals surface area contributed by atoms with E-state index >= 15 is 0 Å². The molecule has 0 saturated carbocycles. The predicted octanol–water partition coefficient (Wildman–Crippen LogP) is 2.74. The number of fused-ring (bicyclic) bond motifs is 1. The number of hydrogen-bond acceptors (Lipinski definition) is 2. The highest BCUT2D eigenvalue weighted by Crippen LogP contribution is 2.41. The van der Waals surface area contributed by atoms with E-state index in [-0.39, 0.29) is 0 Å². The van der Waals surface area contributed by atoms with E-state index in [2.05, 4.69) is 22.1 Å². The van der Waals surface area contributed by atoms with Crippen molar-refractivity contribution in [3.63, 3.8) is 0 Å². The van der Waals surface area contributed by atoms with Crippen LogP contribution in [-0.2, 0) is 0 Å². The van der Waals surface area contributed by atoms with E-state index in [4.69, 9.17) is 0 Å². The maximum absolute atomic E-state index is 4.56. The van der Waals surface area contributed by atoms with Crippen molar-refractivity contribution in [3.8, 4) is 0 Å². The van der Waals surface area contributed by atoms with Crippen molar-refractivity contribution in [2.24, 2.45) is 0 Å². The quantitative estimate of drug-likeness (QED) is 0.749. The standard InChI is InChI=1S/C10H10N2S/c1-2-4-8-7(3-1)11-10(12-8)9-5-6-13-9/h1-4,9H,5-6H2,(H,11,12). The number of benzene rings is 1. The van der Waals surface area contributed by atoms with Crippen molar-refractivity contribution < 1.29 is 0 Å². The lowest BCUT2D eigenvalue weighted by molar-refractivity contribution is 0.799. The predicted molar refractivity (Wildman–Crippen MR) is 55.9 cm³/mol. The number of aromatic amines is 1. The van der Waals surface area contributed by atoms with Gasteiger partial charge in [-0.1, -0.05) is 12.1 Å². The third-order valence-electron chi connectivity index (χ3n) is 2.41. The molecule has 1 aliphatic rings. The van der Waals surface area contributed by atoms with Crippen LogP contribution in [0, 0.1) is 0 Å². The molecule has 3 heteroatoms. The average molecular weight is 190 g/mol. The van der Waals surface area contributed by atoms with Gasteiger partial charge in [-0.3, -0.25) is 0 Å². The van der Waals surface area contributed by atoms with Crippen LogP contribution >= 0.6 is 11.8 Å². The minimum absolute atomic E-state index is 0.618. The highest BCUT2D eigenvalue weighted by atomic mass is 32.2. The minimum Gasteiger partial charge on any atom is -0.341 e. The zero-order valence-electron chi connectivity index (χ0n) is 7.16. The minimum atomic E-state index is 0.618. The molecule has 0 aliphatic carbocycles. The highest BCUT2D eigenvalue weighted by molar-refractivity contribution is 8.00. The summed E-state index contributed by atoms with van der Waals surface area (Å²) in [7, 11) is 0. The Labute approximate surface area is 80.8 Å². The maximum Gasteiger partial charge on any atom is 0.120 e. The maximum atomic E-state index is 4.56. The van der Waals surface area contributed by atoms with Crippen LogP contribution < -0.4 is 0 Å². The van der Waals surface area contributed by atoms with Crippen LogP contribution in [0.3, 0.4) is 0 Å². The number of nitrogens with zero attached hydrogens (tertiary/aromatic N) is 1. The second-order valence-corrected chi connectivity index (χ2v) is 4.60. The third kappa shape index (κ3) is 1.15. The molecule has 1 saturated heterocycles. The van der Waals surface area contributed by atoms with E-state index in [0.717, 1.165) is 16.9 Å². The van der Waals surface area contributed by atoms with Crippen molar-refractivity contribution in [3.05, 3.63) is 30.1 Å². The van der Waals surface area contributed by atoms with Crippen LogP contribution in [0.2, 0.25) is 0 Å². The summed E-state index contributed by atoms with van der Waals surface area (Å²) in [6.45, 7) is 0. The Kier molecular flexibility index (Phi) is 1.59. The molecule has 0 radical (unpaired) electrons. The van der Waals surface area contributed by atoms with Gasteiger partial charge in [-0.05, 0) is 24.3 Å². The number of H-pyrrole nitrogens is 1. The van der Waals surface area contributed by atoms with Gasteiger partial charge in [-0.25, -0.2) is 4.98 Å². The highest BCUT2D eigenvalue weighted by Gasteiger charge is 2.23. The fourth-order valence-electron chi connectivity index (χ4n) is 1.58. The van der Waals surface area contributed by atoms with Crippen LogP contribution in [0.25, 0.3) is 11.0 Å². The van der Waals surface area contributed by atoms with Gasteiger partial charge in [0.05, 0.1) is 16.3 Å². The summed E-state index contributed by atoms with van der Waals surface area (Å²) in [5.41, 5.74) is 2.25. The van der Waals surface area contributed by atoms with Crippen LogP contribution in [0.15, 0.2) is 24.3 Å². The molecule has 1 fully saturated rings. The van der Waals surface area contributed by atoms with Crippen LogP contribution in [-0.4, -0.2) is 15.7 Å². The number of rotatable bonds is 1. The fourth-order valence-corrected chi connectivity index (χ4v) is 2.32. The zero-order valence-corrected chi connectivity index (χ0v) is 7.97. The molecule has 1 aliphatic heterocycles. The van der Waals surface area contributed by atoms with Gasteiger partial charge in [-0.2, -0.15) is 11.8 Å². The lowest BCUT2D eigenvalue weighted by Gasteiger charge is -2.22. The smallest absolute Gasteiger partial charge is 0.120 e. The van der Waals surface area contributed by atoms with Crippen LogP contribution in [0.1, 0.15) is 17.5 Å². The summed E-state index contributed by atoms with van der Waals surface area (Å²) in [6, 6.07) is 8.20. The van der Waals surface area contributed by atoms with Crippen molar-refractivity contribution >= 4 is 22.8 Å². The second-order valence-electron chi connectivity index (χ2n) is 3.29. The molecule has 3 rings (SSSR count). The molecule has 0 amide bonds. The van der Waals surface area contributed by atoms with Gasteiger partial charge in [0.1, 0.15) is 5.82 Å². The molecule has 2 aromatic rings. The van der Waals surface area contributed by atoms with E-state index < -0.39 is 0 Å². The van der Waals surface area contributed by atoms with Gasteiger partial charge in [0, 0.05) is 0 Å². The Morgan fingerprint density at radius 1 is 1.38 bits per heavy atom. The summed E-state index contributed by atoms with van der Waals surface area (Å²) >= 11 is 1.98. The van der Waals surface area contributed by atoms with Gasteiger partial charge in [0.2, 0.25) is 0 Å². The SMILES string of the molecule is c1ccc2[nH]c(C3CCS3)nc2c1. The Bertz CT molecular complexity index is 398. The largest absolute Gasteiger partial charge is 0.341 e. The lowest BCUT2D eigenvalue weighted by atomic mass is 10.3. The molecule has 0 spiro atoms. The summed E-state index contributed by atoms with van der Waals surface area (Å²) in [5, 5.41) is 0.618. The van der Waals surface area contributed by atoms with E-state index in [1.165, 1.54) is 12.2 Å². The Morgan fingerprint density at radius 3 is 2.92 bits per heavy atom. The van der Waals surface area contributed by atoms with E-state index in [9.17, 15) is 0 Å². The first-order valence-electron chi connectivity index (χ1n) is 4.50. The molecule has 0 bridgehead atoms. The first-order chi connectivity index (χ1) is 6.43. The average Bonchev–Trinajstić information content (AvgIpc) is 2.43. The Balaban J connectivity index is 2.10. The molecular formula is C10H10N2S. The summed E-state index contributed by atoms with van der Waals surface area (Å²) < 4.78 is 0. The molecule has 1 unspecified atom stereocenters. The van der Waals surface area contributed by atoms with Gasteiger partial charge in [-0.15, -0.1) is 0 Å². The summed E-state index contributed by atoms with van der Waals surface area (Å²) in [4.78, 5) is 7.92. The Hall–Kier alpha value is -0.960. The van der Waals surface area contributed by atoms with Crippen LogP contribution in [0.4, 0.5) is 0 Å². The molecular weight excluding hydrogens is 180 g/mol. The molecule has 1 aromatic carbocycles. The van der Waals surface area contributed by atoms with E-state index in [0.29, 0.717) is 5.25 Å². The molecule has 1 atom stereocenters. The zero-order chi connectivity index (χ0) is 8.67. The fraction of sp³-hybridized carbons (Fsp3) is 0.300. The van der Waals surface area contributed by atoms with Crippen molar-refractivity contribution in [1.29, 1.82) is 0 Å². The molecule has 66 valence electrons. The molecule has 2 heterocycles. The number of hydrogen-bond donors (Lipinski definition) is 1. The normalized spacial score (nSPS) is 21.7. The molecule has 1 aromatic heterocycles. The Morgan fingerprint density at radius 2 is 2.23 bits per heavy atom. The number of nitrogens with one attached hydrogen (secondary N) is 1. The van der Waals surface area contributed by atoms with Gasteiger partial charge < -0.3 is 4.98 Å². The molecule has 2 nitrogen and oxygen atoms in total. The van der Waals surface area contributed by atoms with Gasteiger partial charge in [0.15, 0.2) is 0 Å². The summed E-state index contributed by atoms with van der Waals surface area (Å²) in [6.07, 6.45) is 1.27. The monoisotopic (exact) mass is 190 g/mol. The number of aromatic nitrogens is 2. The van der Waals surface area contributed by atoms with Crippen LogP contribution in [0.5, 0.6) is 0 Å². The summed E-state index contributed by atoms with van der Waals surface area (Å²) in [5.74, 6) is 2.43. The first-order valence-corrected chi connectivity index (χ1v) is 5.54. The van der Waals surface area contributed by atoms with Crippen molar-refractivity contribution in [2.75, 3.05) is 5.75 Å². The second kappa shape index (κ2) is 2.77. The van der Waals surface area contributed by atoms with E-state index in [1.54, 1.807) is 0 Å². The van der Waals surface area contributed by atoms with E-state index in [1.807, 2.05) is 23.9 Å². The number of imidazole rings is 1. The molecule has 13 heavy (non-hydrogen) atoms. The third-order valence-corrected chi connectivity index (χ3v) is 3.74. The number of para-hydroxylation sites is 2. The van der Waals surface area contributed by atoms with Gasteiger partial charge >= 0.3 is 0 Å². The van der Waals surface area contributed by atoms with Gasteiger partial charge in [0.25, 0.3) is 0 Å². The number of thioether (sulfide) groups is 1. The van der Waals surface area contributed by atoms with Crippen molar-refractivity contribution in [2.45, 2.75) is 11.7 Å². The lowest BCUT2D eigenvalue weighted by Crippen LogP contribution is -2.08. The van der Waals surface area contributed by atoms with Crippen molar-refractivity contribution in [1.82, 2.24) is 9.97 Å². The first kappa shape index (κ1) is 7.44. The molecule has 1 N–H and O–H groups in total.